The van der Waals surface area contributed by atoms with E-state index in [-0.39, 0.29) is 124 Å². The van der Waals surface area contributed by atoms with Gasteiger partial charge in [0.25, 0.3) is 10.1 Å². The Labute approximate surface area is 361 Å². The van der Waals surface area contributed by atoms with Crippen molar-refractivity contribution >= 4 is 85.0 Å². The molecule has 48 heavy (non-hydrogen) atoms. The van der Waals surface area contributed by atoms with Gasteiger partial charge in [-0.3, -0.25) is 9.35 Å². The summed E-state index contributed by atoms with van der Waals surface area (Å²) >= 11 is 0. The molecular formula is C22H13N3Na4O15S4. The summed E-state index contributed by atoms with van der Waals surface area (Å²) < 4.78 is 145. The van der Waals surface area contributed by atoms with Crippen molar-refractivity contribution in [2.45, 2.75) is 26.5 Å². The maximum Gasteiger partial charge on any atom is 1.00 e. The molecule has 0 bridgehead atoms. The third-order valence-electron chi connectivity index (χ3n) is 5.78. The second kappa shape index (κ2) is 17.0. The van der Waals surface area contributed by atoms with Crippen molar-refractivity contribution in [3.8, 4) is 11.5 Å². The van der Waals surface area contributed by atoms with E-state index in [4.69, 9.17) is 10.5 Å². The maximum atomic E-state index is 12.7. The molecule has 4 rings (SSSR count). The number of esters is 1. The summed E-state index contributed by atoms with van der Waals surface area (Å²) in [6.45, 7) is 0.911. The summed E-state index contributed by atoms with van der Waals surface area (Å²) in [5, 5.41) is 17.2. The number of ether oxygens (including phenoxy) is 1. The molecule has 0 amide bonds. The van der Waals surface area contributed by atoms with Gasteiger partial charge in [0.15, 0.2) is 0 Å². The van der Waals surface area contributed by atoms with Crippen molar-refractivity contribution in [2.75, 3.05) is 5.73 Å². The molecule has 0 aromatic heterocycles. The first-order chi connectivity index (χ1) is 20.0. The predicted molar refractivity (Wildman–Crippen MR) is 141 cm³/mol. The average molecular weight is 780 g/mol. The third kappa shape index (κ3) is 10.4. The predicted octanol–water partition coefficient (Wildman–Crippen LogP) is -11.0. The van der Waals surface area contributed by atoms with Crippen LogP contribution in [0.3, 0.4) is 0 Å². The van der Waals surface area contributed by atoms with E-state index >= 15 is 0 Å². The maximum absolute atomic E-state index is 12.7. The molecule has 4 aromatic carbocycles. The molecular weight excluding hydrogens is 766 g/mol. The quantitative estimate of drug-likeness (QED) is 0.0439. The summed E-state index contributed by atoms with van der Waals surface area (Å²) in [5.41, 5.74) is 3.64. The van der Waals surface area contributed by atoms with Gasteiger partial charge in [-0.2, -0.15) is 8.42 Å². The molecule has 18 nitrogen and oxygen atoms in total. The third-order valence-corrected chi connectivity index (χ3v) is 9.23. The monoisotopic (exact) mass is 779 g/mol. The van der Waals surface area contributed by atoms with Crippen LogP contribution in [-0.4, -0.2) is 57.9 Å². The molecule has 0 unspecified atom stereocenters. The molecule has 3 N–H and O–H groups in total. The fourth-order valence-corrected chi connectivity index (χ4v) is 6.62. The number of nitrogen functional groups attached to an aromatic ring is 1. The van der Waals surface area contributed by atoms with E-state index < -0.39 is 111 Å². The Hall–Kier alpha value is -0.290. The van der Waals surface area contributed by atoms with Gasteiger partial charge in [0.05, 0.1) is 20.4 Å². The van der Waals surface area contributed by atoms with E-state index in [1.807, 2.05) is 0 Å². The number of fused-ring (bicyclic) bond motifs is 2. The van der Waals surface area contributed by atoms with Crippen molar-refractivity contribution in [1.29, 1.82) is 0 Å². The second-order valence-corrected chi connectivity index (χ2v) is 14.2. The van der Waals surface area contributed by atoms with Gasteiger partial charge >= 0.3 is 124 Å². The summed E-state index contributed by atoms with van der Waals surface area (Å²) in [7, 11) is -21.5. The molecule has 4 aromatic rings. The van der Waals surface area contributed by atoms with Gasteiger partial charge in [-0.15, -0.1) is 10.2 Å². The van der Waals surface area contributed by atoms with Crippen LogP contribution in [0.4, 0.5) is 17.1 Å². The number of carbonyl (C=O) groups is 1. The van der Waals surface area contributed by atoms with Gasteiger partial charge in [0, 0.05) is 28.5 Å². The first-order valence-electron chi connectivity index (χ1n) is 11.1. The Bertz CT molecular complexity index is 2420. The largest absolute Gasteiger partial charge is 1.00 e. The number of nitrogens with two attached hydrogens (primary N) is 1. The molecule has 0 atom stereocenters. The first-order valence-corrected chi connectivity index (χ1v) is 16.8. The van der Waals surface area contributed by atoms with E-state index in [0.29, 0.717) is 30.3 Å². The number of nitrogens with zero attached hydrogens (tertiary/aromatic N) is 2. The number of azo groups is 1. The molecule has 0 aliphatic rings. The van der Waals surface area contributed by atoms with Gasteiger partial charge in [-0.05, 0) is 36.4 Å². The van der Waals surface area contributed by atoms with Crippen LogP contribution < -0.4 is 134 Å². The van der Waals surface area contributed by atoms with Crippen LogP contribution >= 0.6 is 0 Å². The van der Waals surface area contributed by atoms with Gasteiger partial charge in [0.2, 0.25) is 0 Å². The molecule has 0 saturated carbocycles. The zero-order valence-corrected chi connectivity index (χ0v) is 36.6. The molecule has 0 heterocycles. The van der Waals surface area contributed by atoms with Crippen molar-refractivity contribution in [1.82, 2.24) is 0 Å². The number of anilines is 1. The van der Waals surface area contributed by atoms with Crippen LogP contribution in [0, 0.1) is 0 Å². The van der Waals surface area contributed by atoms with E-state index in [1.165, 1.54) is 0 Å². The number of hydrogen-bond acceptors (Lipinski definition) is 17. The molecule has 0 aliphatic heterocycles. The summed E-state index contributed by atoms with van der Waals surface area (Å²) in [6.07, 6.45) is 0. The molecule has 0 saturated heterocycles. The van der Waals surface area contributed by atoms with Crippen LogP contribution in [0.15, 0.2) is 72.3 Å². The van der Waals surface area contributed by atoms with Crippen molar-refractivity contribution < 1.29 is 185 Å². The minimum absolute atomic E-state index is 0. The van der Waals surface area contributed by atoms with Crippen LogP contribution in [0.1, 0.15) is 6.92 Å². The Morgan fingerprint density at radius 3 is 1.71 bits per heavy atom. The van der Waals surface area contributed by atoms with E-state index in [2.05, 4.69) is 10.2 Å². The number of rotatable bonds is 7. The molecule has 26 heteroatoms. The SMILES string of the molecule is CC(=O)Oc1cc(S(=O)(=O)[O-])cc2c(S(=O)(=O)O)c(N=Nc3cc(S(=O)(=O)[O-])c4cc(S(=O)(=O)[O-])cc([O-])c4c3N)ccc12.[Na+].[Na+].[Na+].[Na+]. The average Bonchev–Trinajstić information content (AvgIpc) is 2.84. The molecule has 0 radical (unpaired) electrons. The normalized spacial score (nSPS) is 12.0. The Morgan fingerprint density at radius 1 is 0.729 bits per heavy atom. The molecule has 0 spiro atoms. The summed E-state index contributed by atoms with van der Waals surface area (Å²) in [4.78, 5) is 6.86. The zero-order valence-electron chi connectivity index (χ0n) is 25.3. The first kappa shape index (κ1) is 47.7. The summed E-state index contributed by atoms with van der Waals surface area (Å²) in [6, 6.07) is 4.24. The fraction of sp³-hybridized carbons (Fsp3) is 0.0455. The zero-order chi connectivity index (χ0) is 33.2. The Balaban J connectivity index is 0.00000552. The number of benzene rings is 4. The van der Waals surface area contributed by atoms with Crippen LogP contribution in [-0.2, 0) is 45.3 Å². The van der Waals surface area contributed by atoms with E-state index in [9.17, 15) is 61.8 Å². The topological polar surface area (TPSA) is 326 Å². The molecule has 0 aliphatic carbocycles. The van der Waals surface area contributed by atoms with Gasteiger partial charge in [-0.25, -0.2) is 25.3 Å². The Kier molecular flexibility index (Phi) is 16.9. The molecule has 234 valence electrons. The van der Waals surface area contributed by atoms with Crippen molar-refractivity contribution in [3.05, 3.63) is 42.5 Å². The van der Waals surface area contributed by atoms with Gasteiger partial charge < -0.3 is 29.2 Å². The minimum atomic E-state index is -5.53. The fourth-order valence-electron chi connectivity index (χ4n) is 4.08. The molecule has 0 fully saturated rings. The van der Waals surface area contributed by atoms with Gasteiger partial charge in [0.1, 0.15) is 52.4 Å². The van der Waals surface area contributed by atoms with Crippen LogP contribution in [0.5, 0.6) is 11.5 Å². The van der Waals surface area contributed by atoms with Gasteiger partial charge in [-0.1, -0.05) is 11.8 Å². The minimum Gasteiger partial charge on any atom is -0.872 e. The Morgan fingerprint density at radius 2 is 1.23 bits per heavy atom. The number of hydrogen-bond donors (Lipinski definition) is 2. The summed E-state index contributed by atoms with van der Waals surface area (Å²) in [5.74, 6) is -2.91. The van der Waals surface area contributed by atoms with E-state index in [0.717, 1.165) is 19.1 Å². The van der Waals surface area contributed by atoms with Crippen LogP contribution in [0.2, 0.25) is 0 Å². The standard InChI is InChI=1S/C22H17N3O15S4.4Na/c1-9(26)40-18-7-11(42(31,32)33)4-13-12(18)2-3-15(22(13)44(37,38)39)24-25-16-8-19(43(34,35)36)14-5-10(41(28,29)30)6-17(27)20(14)21(16)23;;;;/h2-8,27H,23H2,1H3,(H,28,29,30)(H,31,32,33)(H,34,35,36)(H,37,38,39);;;;/q;4*+1/p-4. The second-order valence-electron chi connectivity index (χ2n) is 8.71. The van der Waals surface area contributed by atoms with E-state index in [1.54, 1.807) is 0 Å². The number of carbonyl (C=O) groups excluding carboxylic acids is 1. The van der Waals surface area contributed by atoms with Crippen molar-refractivity contribution in [2.24, 2.45) is 10.2 Å². The smallest absolute Gasteiger partial charge is 0.872 e. The van der Waals surface area contributed by atoms with Crippen molar-refractivity contribution in [3.63, 3.8) is 0 Å². The van der Waals surface area contributed by atoms with Crippen LogP contribution in [0.25, 0.3) is 21.5 Å².